The molecule has 4 rings (SSSR count). The Morgan fingerprint density at radius 1 is 1.14 bits per heavy atom. The average Bonchev–Trinajstić information content (AvgIpc) is 2.87. The molecule has 1 saturated heterocycles. The van der Waals surface area contributed by atoms with Crippen molar-refractivity contribution in [3.05, 3.63) is 62.6 Å². The van der Waals surface area contributed by atoms with Gasteiger partial charge in [0.15, 0.2) is 4.77 Å². The van der Waals surface area contributed by atoms with Crippen LogP contribution in [0, 0.1) is 11.7 Å². The molecule has 0 aliphatic carbocycles. The molecular weight excluding hydrogens is 462 g/mol. The SMILES string of the molecule is CCN1CCN(c2ccc(NC(=O)c3ccc4c(=O)n(CCCOC)c(=S)[nH]c4c3)c(C)c2)CC1. The number of amides is 1. The lowest BCUT2D eigenvalue weighted by Gasteiger charge is -2.35. The second kappa shape index (κ2) is 11.2. The van der Waals surface area contributed by atoms with Crippen LogP contribution in [0.25, 0.3) is 10.9 Å². The lowest BCUT2D eigenvalue weighted by atomic mass is 10.1. The van der Waals surface area contributed by atoms with Crippen molar-refractivity contribution in [1.82, 2.24) is 14.5 Å². The third kappa shape index (κ3) is 5.63. The molecule has 8 nitrogen and oxygen atoms in total. The molecule has 1 aromatic heterocycles. The van der Waals surface area contributed by atoms with Crippen molar-refractivity contribution in [3.8, 4) is 0 Å². The maximum Gasteiger partial charge on any atom is 0.262 e. The van der Waals surface area contributed by atoms with Crippen LogP contribution in [0.3, 0.4) is 0 Å². The van der Waals surface area contributed by atoms with E-state index in [1.54, 1.807) is 25.3 Å². The lowest BCUT2D eigenvalue weighted by molar-refractivity contribution is 0.102. The van der Waals surface area contributed by atoms with Gasteiger partial charge in [-0.3, -0.25) is 14.2 Å². The fourth-order valence-electron chi connectivity index (χ4n) is 4.47. The highest BCUT2D eigenvalue weighted by Crippen LogP contribution is 2.24. The van der Waals surface area contributed by atoms with Gasteiger partial charge >= 0.3 is 0 Å². The molecule has 35 heavy (non-hydrogen) atoms. The molecule has 9 heteroatoms. The van der Waals surface area contributed by atoms with E-state index in [0.29, 0.717) is 40.8 Å². The Bertz CT molecular complexity index is 1320. The van der Waals surface area contributed by atoms with Gasteiger partial charge in [-0.25, -0.2) is 0 Å². The third-order valence-corrected chi connectivity index (χ3v) is 6.94. The summed E-state index contributed by atoms with van der Waals surface area (Å²) in [7, 11) is 1.63. The van der Waals surface area contributed by atoms with E-state index in [2.05, 4.69) is 39.2 Å². The standard InChI is InChI=1S/C26H33N5O3S/c1-4-29-11-13-30(14-12-29)20-7-9-22(18(2)16-20)27-24(32)19-6-8-21-23(17-19)28-26(35)31(25(21)33)10-5-15-34-3/h6-9,16-17H,4-5,10-15H2,1-3H3,(H,27,32)(H,28,35). The van der Waals surface area contributed by atoms with E-state index in [4.69, 9.17) is 17.0 Å². The zero-order valence-electron chi connectivity index (χ0n) is 20.6. The van der Waals surface area contributed by atoms with Crippen LogP contribution in [0.4, 0.5) is 11.4 Å². The number of likely N-dealkylation sites (N-methyl/N-ethyl adjacent to an activating group) is 1. The van der Waals surface area contributed by atoms with Gasteiger partial charge in [0, 0.05) is 63.4 Å². The highest BCUT2D eigenvalue weighted by atomic mass is 32.1. The topological polar surface area (TPSA) is 82.6 Å². The number of ether oxygens (including phenoxy) is 1. The van der Waals surface area contributed by atoms with Crippen molar-refractivity contribution in [2.45, 2.75) is 26.8 Å². The van der Waals surface area contributed by atoms with Crippen molar-refractivity contribution in [1.29, 1.82) is 0 Å². The number of aryl methyl sites for hydroxylation is 1. The summed E-state index contributed by atoms with van der Waals surface area (Å²) in [5, 5.41) is 3.51. The van der Waals surface area contributed by atoms with Gasteiger partial charge in [0.05, 0.1) is 10.9 Å². The van der Waals surface area contributed by atoms with E-state index in [-0.39, 0.29) is 11.5 Å². The number of methoxy groups -OCH3 is 1. The molecule has 0 unspecified atom stereocenters. The van der Waals surface area contributed by atoms with E-state index in [9.17, 15) is 9.59 Å². The number of fused-ring (bicyclic) bond motifs is 1. The highest BCUT2D eigenvalue weighted by Gasteiger charge is 2.17. The minimum absolute atomic E-state index is 0.169. The second-order valence-corrected chi connectivity index (χ2v) is 9.26. The van der Waals surface area contributed by atoms with Gasteiger partial charge < -0.3 is 24.8 Å². The quantitative estimate of drug-likeness (QED) is 0.365. The molecule has 2 aromatic carbocycles. The van der Waals surface area contributed by atoms with Crippen molar-refractivity contribution >= 4 is 40.4 Å². The number of hydrogen-bond donors (Lipinski definition) is 2. The van der Waals surface area contributed by atoms with Crippen molar-refractivity contribution in [2.75, 3.05) is 56.7 Å². The number of aromatic amines is 1. The van der Waals surface area contributed by atoms with Crippen LogP contribution >= 0.6 is 12.2 Å². The lowest BCUT2D eigenvalue weighted by Crippen LogP contribution is -2.46. The molecule has 1 fully saturated rings. The van der Waals surface area contributed by atoms with Crippen molar-refractivity contribution in [3.63, 3.8) is 0 Å². The van der Waals surface area contributed by atoms with Gasteiger partial charge in [-0.05, 0) is 74.1 Å². The summed E-state index contributed by atoms with van der Waals surface area (Å²) in [5.74, 6) is -0.233. The van der Waals surface area contributed by atoms with Gasteiger partial charge in [-0.15, -0.1) is 0 Å². The number of anilines is 2. The summed E-state index contributed by atoms with van der Waals surface area (Å²) < 4.78 is 6.93. The van der Waals surface area contributed by atoms with Crippen LogP contribution in [-0.2, 0) is 11.3 Å². The fourth-order valence-corrected chi connectivity index (χ4v) is 4.75. The minimum atomic E-state index is -0.233. The maximum absolute atomic E-state index is 13.0. The maximum atomic E-state index is 13.0. The number of carbonyl (C=O) groups is 1. The van der Waals surface area contributed by atoms with Gasteiger partial charge in [0.25, 0.3) is 11.5 Å². The molecule has 0 spiro atoms. The van der Waals surface area contributed by atoms with E-state index in [1.165, 1.54) is 10.3 Å². The first-order chi connectivity index (χ1) is 16.9. The number of nitrogens with one attached hydrogen (secondary N) is 2. The zero-order chi connectivity index (χ0) is 24.9. The first-order valence-corrected chi connectivity index (χ1v) is 12.5. The molecule has 0 saturated carbocycles. The number of hydrogen-bond acceptors (Lipinski definition) is 6. The Labute approximate surface area is 210 Å². The summed E-state index contributed by atoms with van der Waals surface area (Å²) in [6, 6.07) is 11.2. The van der Waals surface area contributed by atoms with Gasteiger partial charge in [0.2, 0.25) is 0 Å². The van der Waals surface area contributed by atoms with Crippen molar-refractivity contribution in [2.24, 2.45) is 0 Å². The third-order valence-electron chi connectivity index (χ3n) is 6.62. The number of piperazine rings is 1. The summed E-state index contributed by atoms with van der Waals surface area (Å²) in [6.45, 7) is 10.5. The van der Waals surface area contributed by atoms with Gasteiger partial charge in [-0.2, -0.15) is 0 Å². The van der Waals surface area contributed by atoms with E-state index in [1.807, 2.05) is 13.0 Å². The number of nitrogens with zero attached hydrogens (tertiary/aromatic N) is 3. The minimum Gasteiger partial charge on any atom is -0.385 e. The Kier molecular flexibility index (Phi) is 8.00. The van der Waals surface area contributed by atoms with Crippen LogP contribution in [0.15, 0.2) is 41.2 Å². The molecule has 0 radical (unpaired) electrons. The van der Waals surface area contributed by atoms with Crippen molar-refractivity contribution < 1.29 is 9.53 Å². The summed E-state index contributed by atoms with van der Waals surface area (Å²) in [6.07, 6.45) is 0.687. The van der Waals surface area contributed by atoms with Crippen LogP contribution in [-0.4, -0.2) is 66.8 Å². The monoisotopic (exact) mass is 495 g/mol. The molecule has 3 aromatic rings. The molecular formula is C26H33N5O3S. The number of H-pyrrole nitrogens is 1. The average molecular weight is 496 g/mol. The molecule has 2 N–H and O–H groups in total. The molecule has 0 atom stereocenters. The Balaban J connectivity index is 1.50. The number of aromatic nitrogens is 2. The summed E-state index contributed by atoms with van der Waals surface area (Å²) >= 11 is 5.39. The molecule has 186 valence electrons. The number of carbonyl (C=O) groups excluding carboxylic acids is 1. The Morgan fingerprint density at radius 2 is 1.91 bits per heavy atom. The van der Waals surface area contributed by atoms with E-state index < -0.39 is 0 Å². The molecule has 2 heterocycles. The van der Waals surface area contributed by atoms with Gasteiger partial charge in [-0.1, -0.05) is 6.92 Å². The molecule has 1 aliphatic rings. The predicted molar refractivity (Wildman–Crippen MR) is 143 cm³/mol. The summed E-state index contributed by atoms with van der Waals surface area (Å²) in [5.41, 5.74) is 3.79. The Hall–Kier alpha value is -3.01. The number of benzene rings is 2. The first kappa shape index (κ1) is 25.1. The molecule has 0 bridgehead atoms. The highest BCUT2D eigenvalue weighted by molar-refractivity contribution is 7.71. The van der Waals surface area contributed by atoms with Gasteiger partial charge in [0.1, 0.15) is 0 Å². The molecule has 1 amide bonds. The first-order valence-electron chi connectivity index (χ1n) is 12.1. The fraction of sp³-hybridized carbons (Fsp3) is 0.423. The van der Waals surface area contributed by atoms with Crippen LogP contribution in [0.2, 0.25) is 0 Å². The van der Waals surface area contributed by atoms with Crippen LogP contribution < -0.4 is 15.8 Å². The van der Waals surface area contributed by atoms with Crippen LogP contribution in [0.5, 0.6) is 0 Å². The van der Waals surface area contributed by atoms with Crippen LogP contribution in [0.1, 0.15) is 29.3 Å². The molecule has 1 aliphatic heterocycles. The summed E-state index contributed by atoms with van der Waals surface area (Å²) in [4.78, 5) is 33.8. The smallest absolute Gasteiger partial charge is 0.262 e. The zero-order valence-corrected chi connectivity index (χ0v) is 21.4. The largest absolute Gasteiger partial charge is 0.385 e. The second-order valence-electron chi connectivity index (χ2n) is 8.87. The normalized spacial score (nSPS) is 14.4. The number of rotatable bonds is 8. The van der Waals surface area contributed by atoms with E-state index >= 15 is 0 Å². The Morgan fingerprint density at radius 3 is 2.60 bits per heavy atom. The van der Waals surface area contributed by atoms with E-state index in [0.717, 1.165) is 44.0 Å². The predicted octanol–water partition coefficient (Wildman–Crippen LogP) is 3.80.